The lowest BCUT2D eigenvalue weighted by atomic mass is 9.88. The molecule has 0 aliphatic heterocycles. The number of carbonyl (C=O) groups is 1. The molecule has 17 heavy (non-hydrogen) atoms. The summed E-state index contributed by atoms with van der Waals surface area (Å²) in [7, 11) is 0. The van der Waals surface area contributed by atoms with Gasteiger partial charge >= 0.3 is 0 Å². The molecule has 0 radical (unpaired) electrons. The Bertz CT molecular complexity index is 275. The number of thiocarbonyl (C=S) groups is 1. The highest BCUT2D eigenvalue weighted by Crippen LogP contribution is 2.25. The largest absolute Gasteiger partial charge is 0.393 e. The van der Waals surface area contributed by atoms with Crippen molar-refractivity contribution >= 4 is 23.1 Å². The Morgan fingerprint density at radius 2 is 2.00 bits per heavy atom. The van der Waals surface area contributed by atoms with Crippen molar-refractivity contribution in [3.05, 3.63) is 0 Å². The van der Waals surface area contributed by atoms with E-state index in [1.807, 2.05) is 18.7 Å². The van der Waals surface area contributed by atoms with Crippen LogP contribution in [-0.2, 0) is 4.79 Å². The first-order valence-electron chi connectivity index (χ1n) is 6.64. The second-order valence-corrected chi connectivity index (χ2v) is 5.49. The Morgan fingerprint density at radius 3 is 2.47 bits per heavy atom. The number of hydrogen-bond acceptors (Lipinski definition) is 2. The summed E-state index contributed by atoms with van der Waals surface area (Å²) in [4.78, 5) is 14.7. The normalized spacial score (nSPS) is 18.7. The van der Waals surface area contributed by atoms with Gasteiger partial charge in [0.05, 0.1) is 4.99 Å². The van der Waals surface area contributed by atoms with Gasteiger partial charge in [0.25, 0.3) is 0 Å². The first-order chi connectivity index (χ1) is 8.06. The van der Waals surface area contributed by atoms with Crippen LogP contribution < -0.4 is 5.73 Å². The number of carbonyl (C=O) groups excluding carboxylic acids is 1. The summed E-state index contributed by atoms with van der Waals surface area (Å²) >= 11 is 4.97. The zero-order valence-electron chi connectivity index (χ0n) is 10.9. The summed E-state index contributed by atoms with van der Waals surface area (Å²) in [6.45, 7) is 5.43. The summed E-state index contributed by atoms with van der Waals surface area (Å²) in [6, 6.07) is 0. The smallest absolute Gasteiger partial charge is 0.225 e. The maximum absolute atomic E-state index is 12.3. The highest BCUT2D eigenvalue weighted by Gasteiger charge is 2.26. The maximum Gasteiger partial charge on any atom is 0.225 e. The fourth-order valence-corrected chi connectivity index (χ4v) is 2.48. The average molecular weight is 256 g/mol. The zero-order valence-corrected chi connectivity index (χ0v) is 11.8. The molecule has 98 valence electrons. The van der Waals surface area contributed by atoms with Crippen LogP contribution in [0.1, 0.15) is 46.0 Å². The van der Waals surface area contributed by atoms with Crippen LogP contribution in [-0.4, -0.2) is 28.9 Å². The topological polar surface area (TPSA) is 46.3 Å². The van der Waals surface area contributed by atoms with E-state index >= 15 is 0 Å². The highest BCUT2D eigenvalue weighted by atomic mass is 32.1. The van der Waals surface area contributed by atoms with Gasteiger partial charge in [0, 0.05) is 24.9 Å². The van der Waals surface area contributed by atoms with E-state index in [9.17, 15) is 4.79 Å². The lowest BCUT2D eigenvalue weighted by molar-refractivity contribution is -0.136. The minimum absolute atomic E-state index is 0.109. The van der Waals surface area contributed by atoms with Gasteiger partial charge in [0.15, 0.2) is 0 Å². The quantitative estimate of drug-likeness (QED) is 0.768. The summed E-state index contributed by atoms with van der Waals surface area (Å²) in [6.07, 6.45) is 5.77. The second-order valence-electron chi connectivity index (χ2n) is 5.02. The summed E-state index contributed by atoms with van der Waals surface area (Å²) < 4.78 is 0. The van der Waals surface area contributed by atoms with Gasteiger partial charge in [-0.25, -0.2) is 0 Å². The first-order valence-corrected chi connectivity index (χ1v) is 7.05. The van der Waals surface area contributed by atoms with Gasteiger partial charge < -0.3 is 10.6 Å². The molecule has 3 nitrogen and oxygen atoms in total. The van der Waals surface area contributed by atoms with Crippen LogP contribution in [0.4, 0.5) is 0 Å². The van der Waals surface area contributed by atoms with Gasteiger partial charge in [-0.1, -0.05) is 38.4 Å². The molecule has 1 fully saturated rings. The Labute approximate surface area is 110 Å². The number of amides is 1. The van der Waals surface area contributed by atoms with Crippen molar-refractivity contribution in [2.24, 2.45) is 17.6 Å². The van der Waals surface area contributed by atoms with Gasteiger partial charge in [0.2, 0.25) is 5.91 Å². The van der Waals surface area contributed by atoms with Crippen LogP contribution in [0, 0.1) is 11.8 Å². The van der Waals surface area contributed by atoms with Gasteiger partial charge in [-0.2, -0.15) is 0 Å². The van der Waals surface area contributed by atoms with Crippen LogP contribution in [0.3, 0.4) is 0 Å². The monoisotopic (exact) mass is 256 g/mol. The predicted molar refractivity (Wildman–Crippen MR) is 74.8 cm³/mol. The Balaban J connectivity index is 2.53. The van der Waals surface area contributed by atoms with E-state index in [-0.39, 0.29) is 11.8 Å². The minimum Gasteiger partial charge on any atom is -0.393 e. The van der Waals surface area contributed by atoms with Crippen LogP contribution in [0.2, 0.25) is 0 Å². The van der Waals surface area contributed by atoms with E-state index in [1.54, 1.807) is 0 Å². The highest BCUT2D eigenvalue weighted by molar-refractivity contribution is 7.80. The molecule has 0 saturated heterocycles. The summed E-state index contributed by atoms with van der Waals surface area (Å²) in [5.74, 6) is 0.648. The second kappa shape index (κ2) is 6.94. The molecule has 0 aromatic heterocycles. The third kappa shape index (κ3) is 4.26. The van der Waals surface area contributed by atoms with Crippen molar-refractivity contribution in [1.29, 1.82) is 0 Å². The van der Waals surface area contributed by atoms with Crippen molar-refractivity contribution in [2.75, 3.05) is 13.1 Å². The Hall–Kier alpha value is -0.640. The Morgan fingerprint density at radius 1 is 1.41 bits per heavy atom. The SMILES string of the molecule is CCN(CC(C)C(N)=S)C(=O)C1CCCCC1. The van der Waals surface area contributed by atoms with E-state index in [1.165, 1.54) is 19.3 Å². The standard InChI is InChI=1S/C13H24N2OS/c1-3-15(9-10(2)12(14)17)13(16)11-7-5-4-6-8-11/h10-11H,3-9H2,1-2H3,(H2,14,17). The van der Waals surface area contributed by atoms with E-state index in [0.717, 1.165) is 19.4 Å². The number of nitrogens with zero attached hydrogens (tertiary/aromatic N) is 1. The molecular weight excluding hydrogens is 232 g/mol. The van der Waals surface area contributed by atoms with E-state index in [0.29, 0.717) is 17.4 Å². The molecule has 0 bridgehead atoms. The molecule has 1 rings (SSSR count). The third-order valence-electron chi connectivity index (χ3n) is 3.63. The predicted octanol–water partition coefficient (Wildman–Crippen LogP) is 2.34. The van der Waals surface area contributed by atoms with Crippen molar-refractivity contribution in [1.82, 2.24) is 4.90 Å². The average Bonchev–Trinajstić information content (AvgIpc) is 2.35. The number of rotatable bonds is 5. The number of nitrogens with two attached hydrogens (primary N) is 1. The van der Waals surface area contributed by atoms with Gasteiger partial charge in [-0.05, 0) is 19.8 Å². The maximum atomic E-state index is 12.3. The van der Waals surface area contributed by atoms with Crippen molar-refractivity contribution in [3.8, 4) is 0 Å². The summed E-state index contributed by atoms with van der Waals surface area (Å²) in [5.41, 5.74) is 5.61. The van der Waals surface area contributed by atoms with E-state index in [2.05, 4.69) is 0 Å². The van der Waals surface area contributed by atoms with Crippen LogP contribution >= 0.6 is 12.2 Å². The Kier molecular flexibility index (Phi) is 5.89. The summed E-state index contributed by atoms with van der Waals surface area (Å²) in [5, 5.41) is 0. The minimum atomic E-state index is 0.109. The zero-order chi connectivity index (χ0) is 12.8. The molecule has 0 aromatic carbocycles. The molecule has 1 atom stereocenters. The van der Waals surface area contributed by atoms with Crippen LogP contribution in [0.15, 0.2) is 0 Å². The van der Waals surface area contributed by atoms with E-state index < -0.39 is 0 Å². The van der Waals surface area contributed by atoms with Gasteiger partial charge in [-0.15, -0.1) is 0 Å². The molecule has 4 heteroatoms. The molecule has 1 amide bonds. The molecule has 1 unspecified atom stereocenters. The third-order valence-corrected chi connectivity index (χ3v) is 4.03. The fraction of sp³-hybridized carbons (Fsp3) is 0.846. The molecule has 0 aromatic rings. The fourth-order valence-electron chi connectivity index (χ4n) is 2.40. The molecule has 2 N–H and O–H groups in total. The molecule has 0 spiro atoms. The number of hydrogen-bond donors (Lipinski definition) is 1. The molecular formula is C13H24N2OS. The van der Waals surface area contributed by atoms with E-state index in [4.69, 9.17) is 18.0 Å². The lowest BCUT2D eigenvalue weighted by Crippen LogP contribution is -2.41. The first kappa shape index (κ1) is 14.4. The van der Waals surface area contributed by atoms with Gasteiger partial charge in [-0.3, -0.25) is 4.79 Å². The van der Waals surface area contributed by atoms with Crippen molar-refractivity contribution in [3.63, 3.8) is 0 Å². The van der Waals surface area contributed by atoms with Gasteiger partial charge in [0.1, 0.15) is 0 Å². The lowest BCUT2D eigenvalue weighted by Gasteiger charge is -2.30. The molecule has 1 saturated carbocycles. The molecule has 0 heterocycles. The molecule has 1 aliphatic rings. The van der Waals surface area contributed by atoms with Crippen LogP contribution in [0.25, 0.3) is 0 Å². The van der Waals surface area contributed by atoms with Crippen molar-refractivity contribution < 1.29 is 4.79 Å². The molecule has 1 aliphatic carbocycles. The van der Waals surface area contributed by atoms with Crippen molar-refractivity contribution in [2.45, 2.75) is 46.0 Å². The van der Waals surface area contributed by atoms with Crippen LogP contribution in [0.5, 0.6) is 0 Å².